The van der Waals surface area contributed by atoms with Crippen LogP contribution in [0.2, 0.25) is 0 Å². The molecule has 0 amide bonds. The van der Waals surface area contributed by atoms with E-state index in [1.165, 1.54) is 6.08 Å². The topological polar surface area (TPSA) is 121 Å². The maximum atomic E-state index is 9.86. The molecule has 1 aromatic rings. The maximum absolute atomic E-state index is 9.86. The Morgan fingerprint density at radius 3 is 2.04 bits per heavy atom. The van der Waals surface area contributed by atoms with Gasteiger partial charge in [-0.2, -0.15) is 0 Å². The highest BCUT2D eigenvalue weighted by Crippen LogP contribution is 2.16. The van der Waals surface area contributed by atoms with Gasteiger partial charge in [0, 0.05) is 0 Å². The van der Waals surface area contributed by atoms with Crippen molar-refractivity contribution in [1.29, 1.82) is 0 Å². The second kappa shape index (κ2) is 9.00. The van der Waals surface area contributed by atoms with Crippen LogP contribution < -0.4 is 0 Å². The first-order valence-electron chi connectivity index (χ1n) is 7.58. The maximum Gasteiger partial charge on any atom is 0.139 e. The molecule has 1 aromatic carbocycles. The molecule has 0 aromatic heterocycles. The van der Waals surface area contributed by atoms with E-state index in [1.807, 2.05) is 12.1 Å². The van der Waals surface area contributed by atoms with Crippen molar-refractivity contribution in [2.75, 3.05) is 6.61 Å². The lowest BCUT2D eigenvalue weighted by atomic mass is 9.99. The number of aliphatic hydroxyl groups is 6. The van der Waals surface area contributed by atoms with Crippen LogP contribution in [0, 0.1) is 5.92 Å². The molecule has 0 heterocycles. The summed E-state index contributed by atoms with van der Waals surface area (Å²) < 4.78 is 0. The van der Waals surface area contributed by atoms with Gasteiger partial charge in [0.05, 0.1) is 6.61 Å². The van der Waals surface area contributed by atoms with E-state index in [4.69, 9.17) is 5.11 Å². The molecule has 0 radical (unpaired) electrons. The zero-order valence-corrected chi connectivity index (χ0v) is 13.4. The van der Waals surface area contributed by atoms with Crippen molar-refractivity contribution in [3.63, 3.8) is 0 Å². The molecule has 4 atom stereocenters. The van der Waals surface area contributed by atoms with E-state index >= 15 is 0 Å². The lowest BCUT2D eigenvalue weighted by molar-refractivity contribution is -0.112. The fraction of sp³-hybridized carbons (Fsp3) is 0.529. The quantitative estimate of drug-likeness (QED) is 0.380. The molecule has 0 fully saturated rings. The van der Waals surface area contributed by atoms with E-state index in [0.717, 1.165) is 12.0 Å². The SMILES string of the molecule is CC(C)Cc1ccc(C=C(O)[C@H](O)[C@@H](O)[C@H](O)[C@H](O)CO)cc1. The molecular weight excluding hydrogens is 300 g/mol. The molecule has 0 aliphatic heterocycles. The van der Waals surface area contributed by atoms with E-state index in [-0.39, 0.29) is 0 Å². The fourth-order valence-electron chi connectivity index (χ4n) is 2.17. The third kappa shape index (κ3) is 5.93. The standard InChI is InChI=1S/C17H26O6/c1-10(2)7-11-3-5-12(6-4-11)8-13(19)15(21)17(23)16(22)14(20)9-18/h3-6,8,10,14-23H,7,9H2,1-2H3/t14-,15+,16-,17-/m1/s1. The van der Waals surface area contributed by atoms with Crippen molar-refractivity contribution in [2.45, 2.75) is 44.7 Å². The zero-order valence-electron chi connectivity index (χ0n) is 13.4. The summed E-state index contributed by atoms with van der Waals surface area (Å²) in [7, 11) is 0. The first kappa shape index (κ1) is 19.6. The van der Waals surface area contributed by atoms with Crippen LogP contribution in [0.3, 0.4) is 0 Å². The average Bonchev–Trinajstić information content (AvgIpc) is 2.53. The second-order valence-corrected chi connectivity index (χ2v) is 6.08. The number of rotatable bonds is 8. The summed E-state index contributed by atoms with van der Waals surface area (Å²) >= 11 is 0. The smallest absolute Gasteiger partial charge is 0.139 e. The van der Waals surface area contributed by atoms with Gasteiger partial charge in [0.1, 0.15) is 30.2 Å². The summed E-state index contributed by atoms with van der Waals surface area (Å²) in [5.74, 6) is -0.0143. The van der Waals surface area contributed by atoms with Gasteiger partial charge in [0.15, 0.2) is 0 Å². The molecule has 130 valence electrons. The Hall–Kier alpha value is -1.44. The molecule has 23 heavy (non-hydrogen) atoms. The van der Waals surface area contributed by atoms with Crippen molar-refractivity contribution >= 4 is 6.08 Å². The first-order chi connectivity index (χ1) is 10.8. The second-order valence-electron chi connectivity index (χ2n) is 6.08. The van der Waals surface area contributed by atoms with Crippen molar-refractivity contribution in [2.24, 2.45) is 5.92 Å². The molecule has 0 unspecified atom stereocenters. The summed E-state index contributed by atoms with van der Waals surface area (Å²) in [6.07, 6.45) is -4.79. The van der Waals surface area contributed by atoms with Gasteiger partial charge in [0.2, 0.25) is 0 Å². The minimum absolute atomic E-state index is 0.529. The zero-order chi connectivity index (χ0) is 17.6. The Labute approximate surface area is 136 Å². The number of hydrogen-bond acceptors (Lipinski definition) is 6. The van der Waals surface area contributed by atoms with Gasteiger partial charge in [-0.1, -0.05) is 38.1 Å². The van der Waals surface area contributed by atoms with Gasteiger partial charge in [-0.15, -0.1) is 0 Å². The van der Waals surface area contributed by atoms with Gasteiger partial charge in [-0.25, -0.2) is 0 Å². The summed E-state index contributed by atoms with van der Waals surface area (Å²) in [6, 6.07) is 7.36. The predicted octanol–water partition coefficient (Wildman–Crippen LogP) is 0.220. The van der Waals surface area contributed by atoms with Crippen LogP contribution in [0.4, 0.5) is 0 Å². The van der Waals surface area contributed by atoms with Gasteiger partial charge in [-0.05, 0) is 29.5 Å². The van der Waals surface area contributed by atoms with E-state index in [2.05, 4.69) is 13.8 Å². The Morgan fingerprint density at radius 2 is 1.57 bits per heavy atom. The van der Waals surface area contributed by atoms with Gasteiger partial charge < -0.3 is 30.6 Å². The van der Waals surface area contributed by atoms with Crippen LogP contribution >= 0.6 is 0 Å². The lowest BCUT2D eigenvalue weighted by Gasteiger charge is -2.25. The van der Waals surface area contributed by atoms with Crippen LogP contribution in [0.1, 0.15) is 25.0 Å². The molecule has 0 aliphatic carbocycles. The number of benzene rings is 1. The molecule has 6 heteroatoms. The van der Waals surface area contributed by atoms with Crippen LogP contribution in [0.15, 0.2) is 30.0 Å². The number of hydrogen-bond donors (Lipinski definition) is 6. The highest BCUT2D eigenvalue weighted by Gasteiger charge is 2.32. The van der Waals surface area contributed by atoms with Gasteiger partial charge in [0.25, 0.3) is 0 Å². The highest BCUT2D eigenvalue weighted by atomic mass is 16.4. The van der Waals surface area contributed by atoms with Crippen LogP contribution in [-0.2, 0) is 6.42 Å². The lowest BCUT2D eigenvalue weighted by Crippen LogP contribution is -2.46. The molecule has 0 spiro atoms. The van der Waals surface area contributed by atoms with E-state index in [1.54, 1.807) is 12.1 Å². The van der Waals surface area contributed by atoms with Crippen molar-refractivity contribution in [3.05, 3.63) is 41.2 Å². The van der Waals surface area contributed by atoms with Crippen LogP contribution in [0.25, 0.3) is 6.08 Å². The molecule has 1 rings (SSSR count). The molecule has 0 bridgehead atoms. The van der Waals surface area contributed by atoms with E-state index in [9.17, 15) is 25.5 Å². The Balaban J connectivity index is 2.78. The molecule has 0 saturated heterocycles. The van der Waals surface area contributed by atoms with Crippen molar-refractivity contribution in [1.82, 2.24) is 0 Å². The minimum Gasteiger partial charge on any atom is -0.509 e. The molecule has 0 saturated carbocycles. The molecule has 6 N–H and O–H groups in total. The fourth-order valence-corrected chi connectivity index (χ4v) is 2.17. The third-order valence-corrected chi connectivity index (χ3v) is 3.50. The summed E-state index contributed by atoms with van der Waals surface area (Å²) in [4.78, 5) is 0. The molecule has 6 nitrogen and oxygen atoms in total. The minimum atomic E-state index is -1.83. The number of aliphatic hydroxyl groups excluding tert-OH is 6. The van der Waals surface area contributed by atoms with Crippen LogP contribution in [0.5, 0.6) is 0 Å². The van der Waals surface area contributed by atoms with Crippen molar-refractivity contribution < 1.29 is 30.6 Å². The Morgan fingerprint density at radius 1 is 1.00 bits per heavy atom. The van der Waals surface area contributed by atoms with Gasteiger partial charge in [-0.3, -0.25) is 0 Å². The van der Waals surface area contributed by atoms with Gasteiger partial charge >= 0.3 is 0 Å². The average molecular weight is 326 g/mol. The van der Waals surface area contributed by atoms with Crippen molar-refractivity contribution in [3.8, 4) is 0 Å². The first-order valence-corrected chi connectivity index (χ1v) is 7.58. The summed E-state index contributed by atoms with van der Waals surface area (Å²) in [5, 5.41) is 56.9. The third-order valence-electron chi connectivity index (χ3n) is 3.50. The van der Waals surface area contributed by atoms with E-state index in [0.29, 0.717) is 11.5 Å². The van der Waals surface area contributed by atoms with Crippen LogP contribution in [-0.4, -0.2) is 61.7 Å². The summed E-state index contributed by atoms with van der Waals surface area (Å²) in [6.45, 7) is 3.46. The largest absolute Gasteiger partial charge is 0.509 e. The van der Waals surface area contributed by atoms with E-state index < -0.39 is 36.8 Å². The highest BCUT2D eigenvalue weighted by molar-refractivity contribution is 5.52. The monoisotopic (exact) mass is 326 g/mol. The summed E-state index contributed by atoms with van der Waals surface area (Å²) in [5.41, 5.74) is 1.78. The molecule has 0 aliphatic rings. The Bertz CT molecular complexity index is 496. The predicted molar refractivity (Wildman–Crippen MR) is 86.7 cm³/mol. The Kier molecular flexibility index (Phi) is 7.67. The molecular formula is C17H26O6. The normalized spacial score (nSPS) is 17.8.